The lowest BCUT2D eigenvalue weighted by Gasteiger charge is -2.28. The first-order chi connectivity index (χ1) is 8.89. The average Bonchev–Trinajstić information content (AvgIpc) is 3.16. The number of carbonyl (C=O) groups is 1. The number of ether oxygens (including phenoxy) is 2. The molecular weight excluding hydrogens is 242 g/mol. The lowest BCUT2D eigenvalue weighted by Crippen LogP contribution is -2.51. The Kier molecular flexibility index (Phi) is 6.27. The minimum Gasteiger partial charge on any atom is -0.468 e. The van der Waals surface area contributed by atoms with Gasteiger partial charge in [0.15, 0.2) is 0 Å². The third kappa shape index (κ3) is 5.49. The van der Waals surface area contributed by atoms with Crippen LogP contribution in [0.4, 0.5) is 0 Å². The zero-order valence-electron chi connectivity index (χ0n) is 13.0. The van der Waals surface area contributed by atoms with Crippen molar-refractivity contribution < 1.29 is 14.3 Å². The van der Waals surface area contributed by atoms with E-state index >= 15 is 0 Å². The molecule has 1 aliphatic rings. The Bertz CT molecular complexity index is 289. The van der Waals surface area contributed by atoms with Gasteiger partial charge >= 0.3 is 5.97 Å². The zero-order chi connectivity index (χ0) is 14.5. The first-order valence-corrected chi connectivity index (χ1v) is 7.36. The minimum atomic E-state index is -0.569. The number of carbonyl (C=O) groups excluding carboxylic acids is 1. The van der Waals surface area contributed by atoms with Gasteiger partial charge in [-0.15, -0.1) is 0 Å². The molecule has 1 N–H and O–H groups in total. The second-order valence-electron chi connectivity index (χ2n) is 6.17. The summed E-state index contributed by atoms with van der Waals surface area (Å²) in [5, 5.41) is 3.40. The average molecular weight is 271 g/mol. The second kappa shape index (κ2) is 7.25. The smallest absolute Gasteiger partial charge is 0.325 e. The molecule has 0 amide bonds. The Morgan fingerprint density at radius 1 is 1.37 bits per heavy atom. The number of rotatable bonds is 9. The number of esters is 1. The highest BCUT2D eigenvalue weighted by Crippen LogP contribution is 2.25. The number of hydrogen-bond donors (Lipinski definition) is 1. The van der Waals surface area contributed by atoms with Crippen molar-refractivity contribution in [3.8, 4) is 0 Å². The van der Waals surface area contributed by atoms with Crippen molar-refractivity contribution in [1.82, 2.24) is 5.32 Å². The van der Waals surface area contributed by atoms with E-state index in [0.717, 1.165) is 25.7 Å². The van der Waals surface area contributed by atoms with Gasteiger partial charge < -0.3 is 9.47 Å². The van der Waals surface area contributed by atoms with Crippen LogP contribution in [0.5, 0.6) is 0 Å². The van der Waals surface area contributed by atoms with Crippen molar-refractivity contribution in [3.05, 3.63) is 0 Å². The molecule has 0 heterocycles. The second-order valence-corrected chi connectivity index (χ2v) is 6.17. The highest BCUT2D eigenvalue weighted by atomic mass is 16.5. The van der Waals surface area contributed by atoms with E-state index in [1.807, 2.05) is 6.92 Å². The van der Waals surface area contributed by atoms with E-state index in [0.29, 0.717) is 18.6 Å². The molecule has 0 saturated heterocycles. The molecule has 0 radical (unpaired) electrons. The van der Waals surface area contributed by atoms with Crippen molar-refractivity contribution in [3.63, 3.8) is 0 Å². The molecule has 1 rings (SSSR count). The molecule has 4 heteroatoms. The van der Waals surface area contributed by atoms with Crippen LogP contribution in [-0.4, -0.2) is 37.4 Å². The van der Waals surface area contributed by atoms with Crippen molar-refractivity contribution in [2.24, 2.45) is 5.92 Å². The van der Waals surface area contributed by atoms with Crippen LogP contribution in [0.15, 0.2) is 0 Å². The van der Waals surface area contributed by atoms with Crippen LogP contribution in [0.1, 0.15) is 53.4 Å². The van der Waals surface area contributed by atoms with E-state index in [2.05, 4.69) is 26.1 Å². The maximum absolute atomic E-state index is 11.9. The lowest BCUT2D eigenvalue weighted by atomic mass is 9.95. The summed E-state index contributed by atoms with van der Waals surface area (Å²) in [5.41, 5.74) is -0.569. The molecule has 0 spiro atoms. The fourth-order valence-corrected chi connectivity index (χ4v) is 2.02. The van der Waals surface area contributed by atoms with Gasteiger partial charge in [-0.05, 0) is 45.4 Å². The van der Waals surface area contributed by atoms with Gasteiger partial charge in [-0.3, -0.25) is 10.1 Å². The summed E-state index contributed by atoms with van der Waals surface area (Å²) in [6.07, 6.45) is 4.20. The molecule has 0 aliphatic heterocycles. The highest BCUT2D eigenvalue weighted by molar-refractivity contribution is 5.80. The first-order valence-electron chi connectivity index (χ1n) is 7.36. The predicted molar refractivity (Wildman–Crippen MR) is 76.1 cm³/mol. The van der Waals surface area contributed by atoms with Gasteiger partial charge in [0.05, 0.1) is 13.2 Å². The Hall–Kier alpha value is -0.610. The minimum absolute atomic E-state index is 0.170. The Morgan fingerprint density at radius 3 is 2.47 bits per heavy atom. The van der Waals surface area contributed by atoms with Gasteiger partial charge in [-0.1, -0.05) is 13.8 Å². The number of hydrogen-bond acceptors (Lipinski definition) is 4. The summed E-state index contributed by atoms with van der Waals surface area (Å²) in [4.78, 5) is 11.9. The predicted octanol–water partition coefficient (Wildman–Crippen LogP) is 2.51. The molecule has 4 nitrogen and oxygen atoms in total. The van der Waals surface area contributed by atoms with Gasteiger partial charge in [0, 0.05) is 12.6 Å². The van der Waals surface area contributed by atoms with Crippen molar-refractivity contribution >= 4 is 5.97 Å². The van der Waals surface area contributed by atoms with E-state index in [9.17, 15) is 4.79 Å². The molecule has 112 valence electrons. The van der Waals surface area contributed by atoms with Crippen molar-refractivity contribution in [2.75, 3.05) is 13.7 Å². The van der Waals surface area contributed by atoms with Crippen LogP contribution < -0.4 is 5.32 Å². The Balaban J connectivity index is 2.34. The summed E-state index contributed by atoms with van der Waals surface area (Å²) in [6, 6.07) is 0.486. The monoisotopic (exact) mass is 271 g/mol. The zero-order valence-corrected chi connectivity index (χ0v) is 13.0. The molecule has 19 heavy (non-hydrogen) atoms. The largest absolute Gasteiger partial charge is 0.468 e. The van der Waals surface area contributed by atoms with E-state index < -0.39 is 5.54 Å². The molecule has 2 atom stereocenters. The van der Waals surface area contributed by atoms with E-state index in [4.69, 9.17) is 9.47 Å². The standard InChI is InChI=1S/C15H29NO3/c1-11(2)12(3)19-10-6-9-15(4,14(17)18-5)16-13-7-8-13/h11-13,16H,6-10H2,1-5H3. The van der Waals surface area contributed by atoms with E-state index in [1.54, 1.807) is 0 Å². The topological polar surface area (TPSA) is 47.6 Å². The van der Waals surface area contributed by atoms with Crippen LogP contribution in [0.25, 0.3) is 0 Å². The highest BCUT2D eigenvalue weighted by Gasteiger charge is 2.38. The van der Waals surface area contributed by atoms with E-state index in [-0.39, 0.29) is 12.1 Å². The molecule has 2 unspecified atom stereocenters. The molecule has 0 aromatic heterocycles. The fourth-order valence-electron chi connectivity index (χ4n) is 2.02. The first kappa shape index (κ1) is 16.4. The lowest BCUT2D eigenvalue weighted by molar-refractivity contribution is -0.148. The SMILES string of the molecule is COC(=O)C(C)(CCCOC(C)C(C)C)NC1CC1. The summed E-state index contributed by atoms with van der Waals surface area (Å²) in [5.74, 6) is 0.355. The van der Waals surface area contributed by atoms with Gasteiger partial charge in [-0.25, -0.2) is 0 Å². The van der Waals surface area contributed by atoms with Gasteiger partial charge in [0.1, 0.15) is 5.54 Å². The van der Waals surface area contributed by atoms with Crippen LogP contribution in [0.3, 0.4) is 0 Å². The maximum Gasteiger partial charge on any atom is 0.325 e. The van der Waals surface area contributed by atoms with Crippen LogP contribution in [0.2, 0.25) is 0 Å². The summed E-state index contributed by atoms with van der Waals surface area (Å²) < 4.78 is 10.7. The molecular formula is C15H29NO3. The molecule has 0 bridgehead atoms. The molecule has 1 saturated carbocycles. The summed E-state index contributed by atoms with van der Waals surface area (Å²) >= 11 is 0. The third-order valence-electron chi connectivity index (χ3n) is 3.88. The third-order valence-corrected chi connectivity index (χ3v) is 3.88. The van der Waals surface area contributed by atoms with Crippen molar-refractivity contribution in [1.29, 1.82) is 0 Å². The Labute approximate surface area is 117 Å². The molecule has 0 aromatic carbocycles. The Morgan fingerprint density at radius 2 is 2.00 bits per heavy atom. The van der Waals surface area contributed by atoms with E-state index in [1.165, 1.54) is 7.11 Å². The molecule has 0 aromatic rings. The van der Waals surface area contributed by atoms with Gasteiger partial charge in [-0.2, -0.15) is 0 Å². The van der Waals surface area contributed by atoms with Crippen LogP contribution >= 0.6 is 0 Å². The summed E-state index contributed by atoms with van der Waals surface area (Å²) in [6.45, 7) is 9.02. The molecule has 1 fully saturated rings. The van der Waals surface area contributed by atoms with Gasteiger partial charge in [0.2, 0.25) is 0 Å². The van der Waals surface area contributed by atoms with Crippen molar-refractivity contribution in [2.45, 2.75) is 71.1 Å². The number of nitrogens with one attached hydrogen (secondary N) is 1. The molecule has 1 aliphatic carbocycles. The van der Waals surface area contributed by atoms with Gasteiger partial charge in [0.25, 0.3) is 0 Å². The number of methoxy groups -OCH3 is 1. The fraction of sp³-hybridized carbons (Fsp3) is 0.933. The normalized spacial score (nSPS) is 20.1. The summed E-state index contributed by atoms with van der Waals surface area (Å²) in [7, 11) is 1.45. The quantitative estimate of drug-likeness (QED) is 0.517. The maximum atomic E-state index is 11.9. The van der Waals surface area contributed by atoms with Crippen LogP contribution in [-0.2, 0) is 14.3 Å². The van der Waals surface area contributed by atoms with Crippen LogP contribution in [0, 0.1) is 5.92 Å².